The van der Waals surface area contributed by atoms with Crippen molar-refractivity contribution in [3.05, 3.63) is 35.2 Å². The van der Waals surface area contributed by atoms with Gasteiger partial charge in [-0.3, -0.25) is 4.79 Å². The predicted molar refractivity (Wildman–Crippen MR) is 101 cm³/mol. The Morgan fingerprint density at radius 1 is 1.23 bits per heavy atom. The average molecular weight is 380 g/mol. The van der Waals surface area contributed by atoms with Crippen molar-refractivity contribution in [2.24, 2.45) is 5.92 Å². The lowest BCUT2D eigenvalue weighted by atomic mass is 10.2. The second-order valence-corrected chi connectivity index (χ2v) is 7.22. The van der Waals surface area contributed by atoms with Gasteiger partial charge in [0.15, 0.2) is 0 Å². The summed E-state index contributed by atoms with van der Waals surface area (Å²) in [6.07, 6.45) is 0.330. The summed E-state index contributed by atoms with van der Waals surface area (Å²) in [5.41, 5.74) is 0.678. The number of carbonyl (C=O) groups excluding carboxylic acids is 1. The van der Waals surface area contributed by atoms with E-state index in [-0.39, 0.29) is 18.5 Å². The van der Waals surface area contributed by atoms with Crippen LogP contribution in [0.4, 0.5) is 0 Å². The van der Waals surface area contributed by atoms with Crippen LogP contribution in [0.5, 0.6) is 0 Å². The first-order chi connectivity index (χ1) is 12.4. The second kappa shape index (κ2) is 9.69. The lowest BCUT2D eigenvalue weighted by Gasteiger charge is -2.25. The maximum absolute atomic E-state index is 12.5. The fraction of sp³-hybridized carbons (Fsp3) is 0.526. The molecule has 0 N–H and O–H groups in total. The Morgan fingerprint density at radius 2 is 1.96 bits per heavy atom. The van der Waals surface area contributed by atoms with Crippen molar-refractivity contribution in [2.75, 3.05) is 13.2 Å². The van der Waals surface area contributed by atoms with E-state index < -0.39 is 0 Å². The van der Waals surface area contributed by atoms with Gasteiger partial charge in [0.25, 0.3) is 0 Å². The minimum absolute atomic E-state index is 0.00116. The summed E-state index contributed by atoms with van der Waals surface area (Å²) >= 11 is 6.16. The summed E-state index contributed by atoms with van der Waals surface area (Å²) in [6.45, 7) is 9.39. The Morgan fingerprint density at radius 3 is 2.62 bits per heavy atom. The van der Waals surface area contributed by atoms with Crippen molar-refractivity contribution in [1.29, 1.82) is 0 Å². The van der Waals surface area contributed by atoms with Gasteiger partial charge in [0.05, 0.1) is 30.2 Å². The lowest BCUT2D eigenvalue weighted by molar-refractivity contribution is -0.135. The molecule has 0 bridgehead atoms. The van der Waals surface area contributed by atoms with Crippen LogP contribution in [-0.4, -0.2) is 40.3 Å². The van der Waals surface area contributed by atoms with Gasteiger partial charge in [-0.1, -0.05) is 37.6 Å². The van der Waals surface area contributed by atoms with Crippen molar-refractivity contribution in [1.82, 2.24) is 15.1 Å². The van der Waals surface area contributed by atoms with E-state index in [1.165, 1.54) is 0 Å². The fourth-order valence-electron chi connectivity index (χ4n) is 2.39. The molecule has 2 rings (SSSR count). The molecule has 26 heavy (non-hydrogen) atoms. The molecule has 1 heterocycles. The number of rotatable bonds is 9. The van der Waals surface area contributed by atoms with E-state index in [2.05, 4.69) is 24.0 Å². The van der Waals surface area contributed by atoms with Crippen LogP contribution < -0.4 is 0 Å². The first-order valence-corrected chi connectivity index (χ1v) is 9.20. The van der Waals surface area contributed by atoms with Crippen molar-refractivity contribution in [3.63, 3.8) is 0 Å². The third-order valence-electron chi connectivity index (χ3n) is 3.73. The van der Waals surface area contributed by atoms with Crippen molar-refractivity contribution in [3.8, 4) is 11.5 Å². The molecule has 0 aliphatic heterocycles. The summed E-state index contributed by atoms with van der Waals surface area (Å²) in [7, 11) is 0. The topological polar surface area (TPSA) is 68.5 Å². The fourth-order valence-corrected chi connectivity index (χ4v) is 2.60. The lowest BCUT2D eigenvalue weighted by Crippen LogP contribution is -2.37. The summed E-state index contributed by atoms with van der Waals surface area (Å²) in [5, 5.41) is 8.65. The van der Waals surface area contributed by atoms with Crippen molar-refractivity contribution >= 4 is 17.5 Å². The van der Waals surface area contributed by atoms with Crippen LogP contribution in [0, 0.1) is 5.92 Å². The van der Waals surface area contributed by atoms with Crippen LogP contribution in [0.25, 0.3) is 11.5 Å². The minimum Gasteiger partial charge on any atom is -0.419 e. The number of halogens is 1. The van der Waals surface area contributed by atoms with Gasteiger partial charge in [0.2, 0.25) is 17.7 Å². The molecule has 0 saturated heterocycles. The van der Waals surface area contributed by atoms with Gasteiger partial charge in [0.1, 0.15) is 0 Å². The third kappa shape index (κ3) is 5.81. The molecule has 0 fully saturated rings. The van der Waals surface area contributed by atoms with E-state index in [9.17, 15) is 4.79 Å². The molecular weight excluding hydrogens is 354 g/mol. The summed E-state index contributed by atoms with van der Waals surface area (Å²) < 4.78 is 11.2. The number of nitrogens with zero attached hydrogens (tertiary/aromatic N) is 3. The maximum atomic E-state index is 12.5. The molecule has 1 aromatic heterocycles. The molecule has 0 aliphatic carbocycles. The van der Waals surface area contributed by atoms with Crippen LogP contribution in [0.1, 0.15) is 40.0 Å². The van der Waals surface area contributed by atoms with Gasteiger partial charge in [-0.2, -0.15) is 0 Å². The molecule has 0 radical (unpaired) electrons. The molecule has 1 amide bonds. The van der Waals surface area contributed by atoms with E-state index in [4.69, 9.17) is 20.8 Å². The Kier molecular flexibility index (Phi) is 7.60. The molecule has 0 saturated carbocycles. The first kappa shape index (κ1) is 20.4. The average Bonchev–Trinajstić information content (AvgIpc) is 3.05. The van der Waals surface area contributed by atoms with E-state index >= 15 is 0 Å². The number of hydrogen-bond acceptors (Lipinski definition) is 5. The standard InChI is InChI=1S/C19H26ClN3O3/c1-13(2)12-25-10-9-18(24)23(14(3)4)11-17-21-22-19(26-17)15-7-5-6-8-16(15)20/h5-8,13-14H,9-12H2,1-4H3. The van der Waals surface area contributed by atoms with Gasteiger partial charge < -0.3 is 14.1 Å². The smallest absolute Gasteiger partial charge is 0.249 e. The normalized spacial score (nSPS) is 11.3. The zero-order valence-electron chi connectivity index (χ0n) is 15.7. The molecule has 1 aromatic carbocycles. The van der Waals surface area contributed by atoms with Crippen LogP contribution in [0.2, 0.25) is 5.02 Å². The summed E-state index contributed by atoms with van der Waals surface area (Å²) in [5.74, 6) is 1.18. The van der Waals surface area contributed by atoms with Crippen molar-refractivity contribution in [2.45, 2.75) is 46.7 Å². The molecule has 6 nitrogen and oxygen atoms in total. The van der Waals surface area contributed by atoms with E-state index in [0.717, 1.165) is 0 Å². The Balaban J connectivity index is 1.99. The predicted octanol–water partition coefficient (Wildman–Crippen LogP) is 4.19. The van der Waals surface area contributed by atoms with Gasteiger partial charge in [-0.15, -0.1) is 10.2 Å². The Labute approximate surface area is 159 Å². The van der Waals surface area contributed by atoms with Gasteiger partial charge in [0, 0.05) is 12.6 Å². The largest absolute Gasteiger partial charge is 0.419 e. The van der Waals surface area contributed by atoms with Gasteiger partial charge in [-0.25, -0.2) is 0 Å². The first-order valence-electron chi connectivity index (χ1n) is 8.83. The number of benzene rings is 1. The maximum Gasteiger partial charge on any atom is 0.249 e. The monoisotopic (exact) mass is 379 g/mol. The Hall–Kier alpha value is -1.92. The summed E-state index contributed by atoms with van der Waals surface area (Å²) in [4.78, 5) is 14.2. The highest BCUT2D eigenvalue weighted by atomic mass is 35.5. The number of amides is 1. The highest BCUT2D eigenvalue weighted by Crippen LogP contribution is 2.26. The second-order valence-electron chi connectivity index (χ2n) is 6.81. The highest BCUT2D eigenvalue weighted by molar-refractivity contribution is 6.33. The molecule has 0 atom stereocenters. The minimum atomic E-state index is 0.00116. The molecule has 0 spiro atoms. The highest BCUT2D eigenvalue weighted by Gasteiger charge is 2.21. The molecule has 2 aromatic rings. The molecular formula is C19H26ClN3O3. The van der Waals surface area contributed by atoms with Crippen LogP contribution in [0.3, 0.4) is 0 Å². The molecule has 0 unspecified atom stereocenters. The molecule has 7 heteroatoms. The third-order valence-corrected chi connectivity index (χ3v) is 4.06. The van der Waals surface area contributed by atoms with E-state index in [0.29, 0.717) is 47.9 Å². The number of carbonyl (C=O) groups is 1. The quantitative estimate of drug-likeness (QED) is 0.611. The Bertz CT molecular complexity index is 716. The van der Waals surface area contributed by atoms with Gasteiger partial charge in [-0.05, 0) is 31.9 Å². The van der Waals surface area contributed by atoms with Crippen LogP contribution >= 0.6 is 11.6 Å². The van der Waals surface area contributed by atoms with Crippen LogP contribution in [-0.2, 0) is 16.1 Å². The van der Waals surface area contributed by atoms with E-state index in [1.54, 1.807) is 11.0 Å². The SMILES string of the molecule is CC(C)COCCC(=O)N(Cc1nnc(-c2ccccc2Cl)o1)C(C)C. The van der Waals surface area contributed by atoms with E-state index in [1.807, 2.05) is 32.0 Å². The number of aromatic nitrogens is 2. The number of ether oxygens (including phenoxy) is 1. The van der Waals surface area contributed by atoms with Crippen molar-refractivity contribution < 1.29 is 13.9 Å². The molecule has 142 valence electrons. The molecule has 0 aliphatic rings. The van der Waals surface area contributed by atoms with Gasteiger partial charge >= 0.3 is 0 Å². The number of hydrogen-bond donors (Lipinski definition) is 0. The summed E-state index contributed by atoms with van der Waals surface area (Å²) in [6, 6.07) is 7.29. The van der Waals surface area contributed by atoms with Crippen LogP contribution in [0.15, 0.2) is 28.7 Å². The zero-order chi connectivity index (χ0) is 19.1. The zero-order valence-corrected chi connectivity index (χ0v) is 16.5.